The smallest absolute Gasteiger partial charge is 0.330 e. The lowest BCUT2D eigenvalue weighted by Crippen LogP contribution is -2.33. The number of H-pyrrole nitrogens is 1. The summed E-state index contributed by atoms with van der Waals surface area (Å²) in [5.41, 5.74) is 3.94. The summed E-state index contributed by atoms with van der Waals surface area (Å²) >= 11 is 0. The normalized spacial score (nSPS) is 26.9. The highest BCUT2D eigenvalue weighted by Crippen LogP contribution is 2.27. The molecule has 1 aliphatic rings. The molecule has 2 heterocycles. The number of nitrogens with one attached hydrogen (secondary N) is 1. The maximum atomic E-state index is 11.5. The second kappa shape index (κ2) is 5.53. The molecule has 1 aromatic rings. The topological polar surface area (TPSA) is 131 Å². The van der Waals surface area contributed by atoms with Crippen LogP contribution < -0.4 is 17.0 Å². The van der Waals surface area contributed by atoms with E-state index < -0.39 is 29.7 Å². The van der Waals surface area contributed by atoms with Crippen LogP contribution in [0.2, 0.25) is 0 Å². The molecule has 0 saturated carbocycles. The number of nitrogens with two attached hydrogens (primary N) is 1. The number of aliphatic hydroxyl groups is 2. The lowest BCUT2D eigenvalue weighted by Gasteiger charge is -2.14. The Balaban J connectivity index is 0.00000162. The largest absolute Gasteiger partial charge is 0.394 e. The number of rotatable bonds is 2. The van der Waals surface area contributed by atoms with Gasteiger partial charge >= 0.3 is 5.69 Å². The quantitative estimate of drug-likeness (QED) is 0.504. The molecular weight excluding hydrogens is 266 g/mol. The lowest BCUT2D eigenvalue weighted by molar-refractivity contribution is -0.0458. The van der Waals surface area contributed by atoms with Crippen LogP contribution in [0.3, 0.4) is 0 Å². The zero-order valence-corrected chi connectivity index (χ0v) is 10.1. The molecule has 8 nitrogen and oxygen atoms in total. The minimum Gasteiger partial charge on any atom is -0.394 e. The van der Waals surface area contributed by atoms with Gasteiger partial charge in [-0.15, -0.1) is 12.4 Å². The molecule has 18 heavy (non-hydrogen) atoms. The van der Waals surface area contributed by atoms with Crippen molar-refractivity contribution >= 4 is 18.1 Å². The molecule has 0 amide bonds. The van der Waals surface area contributed by atoms with Crippen LogP contribution in [0.1, 0.15) is 12.6 Å². The number of aromatic nitrogens is 2. The highest BCUT2D eigenvalue weighted by Gasteiger charge is 2.34. The van der Waals surface area contributed by atoms with Gasteiger partial charge in [-0.1, -0.05) is 0 Å². The van der Waals surface area contributed by atoms with Gasteiger partial charge in [-0.3, -0.25) is 14.3 Å². The van der Waals surface area contributed by atoms with E-state index in [1.54, 1.807) is 0 Å². The number of aromatic amines is 1. The maximum Gasteiger partial charge on any atom is 0.330 e. The number of nitrogens with zero attached hydrogens (tertiary/aromatic N) is 1. The van der Waals surface area contributed by atoms with Gasteiger partial charge in [-0.05, 0) is 0 Å². The summed E-state index contributed by atoms with van der Waals surface area (Å²) < 4.78 is 6.36. The molecule has 0 unspecified atom stereocenters. The van der Waals surface area contributed by atoms with Gasteiger partial charge in [-0.25, -0.2) is 4.79 Å². The van der Waals surface area contributed by atoms with Gasteiger partial charge in [-0.2, -0.15) is 0 Å². The molecule has 1 aromatic heterocycles. The zero-order valence-electron chi connectivity index (χ0n) is 9.28. The first kappa shape index (κ1) is 14.7. The summed E-state index contributed by atoms with van der Waals surface area (Å²) in [5.74, 6) is 0. The molecule has 0 radical (unpaired) electrons. The van der Waals surface area contributed by atoms with Crippen molar-refractivity contribution in [3.63, 3.8) is 0 Å². The van der Waals surface area contributed by atoms with Crippen molar-refractivity contribution in [2.45, 2.75) is 24.9 Å². The number of halogens is 1. The summed E-state index contributed by atoms with van der Waals surface area (Å²) in [6.45, 7) is -0.342. The number of hydrogen-bond acceptors (Lipinski definition) is 6. The number of hydrogen-bond donors (Lipinski definition) is 4. The summed E-state index contributed by atoms with van der Waals surface area (Å²) in [5, 5.41) is 18.4. The van der Waals surface area contributed by atoms with E-state index in [2.05, 4.69) is 0 Å². The van der Waals surface area contributed by atoms with Gasteiger partial charge in [0.25, 0.3) is 5.56 Å². The van der Waals surface area contributed by atoms with Crippen LogP contribution in [0, 0.1) is 0 Å². The number of ether oxygens (including phenoxy) is 1. The SMILES string of the molecule is Cl.Nc1cn([C@H]2C[C@H](O)[C@@H](CO)O2)c(=O)[nH]c1=O. The molecule has 0 bridgehead atoms. The molecule has 0 aliphatic carbocycles. The molecule has 1 fully saturated rings. The summed E-state index contributed by atoms with van der Waals surface area (Å²) in [7, 11) is 0. The molecule has 0 spiro atoms. The van der Waals surface area contributed by atoms with Crippen molar-refractivity contribution in [3.8, 4) is 0 Å². The summed E-state index contributed by atoms with van der Waals surface area (Å²) in [6.07, 6.45) is -1.02. The van der Waals surface area contributed by atoms with Crippen LogP contribution in [0.25, 0.3) is 0 Å². The minimum absolute atomic E-state index is 0. The highest BCUT2D eigenvalue weighted by molar-refractivity contribution is 5.85. The van der Waals surface area contributed by atoms with Gasteiger partial charge < -0.3 is 20.7 Å². The predicted molar refractivity (Wildman–Crippen MR) is 64.6 cm³/mol. The molecule has 0 aromatic carbocycles. The number of anilines is 1. The minimum atomic E-state index is -0.856. The van der Waals surface area contributed by atoms with E-state index >= 15 is 0 Å². The van der Waals surface area contributed by atoms with E-state index in [9.17, 15) is 14.7 Å². The van der Waals surface area contributed by atoms with Crippen LogP contribution in [-0.4, -0.2) is 38.6 Å². The second-order valence-electron chi connectivity index (χ2n) is 3.87. The molecular formula is C9H14ClN3O5. The molecule has 102 valence electrons. The summed E-state index contributed by atoms with van der Waals surface area (Å²) in [6, 6.07) is 0. The maximum absolute atomic E-state index is 11.5. The average Bonchev–Trinajstić information content (AvgIpc) is 2.65. The van der Waals surface area contributed by atoms with Crippen LogP contribution in [0.4, 0.5) is 5.69 Å². The van der Waals surface area contributed by atoms with Crippen molar-refractivity contribution in [1.82, 2.24) is 9.55 Å². The first-order chi connectivity index (χ1) is 8.02. The van der Waals surface area contributed by atoms with Crippen LogP contribution in [0.5, 0.6) is 0 Å². The van der Waals surface area contributed by atoms with Crippen molar-refractivity contribution in [2.24, 2.45) is 0 Å². The fraction of sp³-hybridized carbons (Fsp3) is 0.556. The Hall–Kier alpha value is -1.35. The Kier molecular flexibility index (Phi) is 4.52. The van der Waals surface area contributed by atoms with Crippen molar-refractivity contribution in [3.05, 3.63) is 27.0 Å². The van der Waals surface area contributed by atoms with Gasteiger partial charge in [0.2, 0.25) is 0 Å². The lowest BCUT2D eigenvalue weighted by atomic mass is 10.2. The molecule has 1 aliphatic heterocycles. The fourth-order valence-electron chi connectivity index (χ4n) is 1.77. The monoisotopic (exact) mass is 279 g/mol. The molecule has 3 atom stereocenters. The van der Waals surface area contributed by atoms with Crippen molar-refractivity contribution in [1.29, 1.82) is 0 Å². The van der Waals surface area contributed by atoms with Crippen LogP contribution in [-0.2, 0) is 4.74 Å². The number of nitrogen functional groups attached to an aromatic ring is 1. The van der Waals surface area contributed by atoms with E-state index in [1.165, 1.54) is 0 Å². The Morgan fingerprint density at radius 1 is 1.56 bits per heavy atom. The third-order valence-electron chi connectivity index (χ3n) is 2.69. The van der Waals surface area contributed by atoms with Gasteiger partial charge in [0.1, 0.15) is 18.0 Å². The van der Waals surface area contributed by atoms with E-state index in [0.717, 1.165) is 10.8 Å². The predicted octanol–water partition coefficient (Wildman–Crippen LogP) is -1.82. The second-order valence-corrected chi connectivity index (χ2v) is 3.87. The Morgan fingerprint density at radius 2 is 2.22 bits per heavy atom. The molecule has 9 heteroatoms. The first-order valence-corrected chi connectivity index (χ1v) is 5.08. The highest BCUT2D eigenvalue weighted by atomic mass is 35.5. The standard InChI is InChI=1S/C9H13N3O5.ClH/c10-4-2-12(9(16)11-8(4)15)7-1-5(14)6(3-13)17-7;/h2,5-7,13-14H,1,3,10H2,(H,11,15,16);1H/t5-,6+,7+;/m0./s1. The third-order valence-corrected chi connectivity index (χ3v) is 2.69. The number of aliphatic hydroxyl groups excluding tert-OH is 2. The average molecular weight is 280 g/mol. The van der Waals surface area contributed by atoms with Gasteiger partial charge in [0.05, 0.1) is 12.7 Å². The molecule has 5 N–H and O–H groups in total. The fourth-order valence-corrected chi connectivity index (χ4v) is 1.77. The van der Waals surface area contributed by atoms with Gasteiger partial charge in [0.15, 0.2) is 0 Å². The zero-order chi connectivity index (χ0) is 12.6. The molecule has 2 rings (SSSR count). The summed E-state index contributed by atoms with van der Waals surface area (Å²) in [4.78, 5) is 24.6. The van der Waals surface area contributed by atoms with E-state index in [-0.39, 0.29) is 31.1 Å². The van der Waals surface area contributed by atoms with E-state index in [1.807, 2.05) is 4.98 Å². The van der Waals surface area contributed by atoms with Crippen LogP contribution in [0.15, 0.2) is 15.8 Å². The van der Waals surface area contributed by atoms with Crippen molar-refractivity contribution < 1.29 is 14.9 Å². The Labute approximate surface area is 107 Å². The first-order valence-electron chi connectivity index (χ1n) is 5.08. The Bertz CT molecular complexity index is 528. The Morgan fingerprint density at radius 3 is 2.78 bits per heavy atom. The van der Waals surface area contributed by atoms with Crippen LogP contribution >= 0.6 is 12.4 Å². The third kappa shape index (κ3) is 2.56. The van der Waals surface area contributed by atoms with Gasteiger partial charge in [0, 0.05) is 12.6 Å². The molecule has 1 saturated heterocycles. The van der Waals surface area contributed by atoms with Crippen molar-refractivity contribution in [2.75, 3.05) is 12.3 Å². The van der Waals surface area contributed by atoms with E-state index in [4.69, 9.17) is 15.6 Å². The van der Waals surface area contributed by atoms with E-state index in [0.29, 0.717) is 0 Å².